The molecule has 4 atom stereocenters. The second-order valence-corrected chi connectivity index (χ2v) is 9.39. The van der Waals surface area contributed by atoms with E-state index in [0.29, 0.717) is 34.7 Å². The van der Waals surface area contributed by atoms with E-state index in [-0.39, 0.29) is 18.2 Å². The van der Waals surface area contributed by atoms with Crippen LogP contribution < -0.4 is 0 Å². The van der Waals surface area contributed by atoms with E-state index in [2.05, 4.69) is 10.2 Å². The number of nitrogens with zero attached hydrogens (tertiary/aromatic N) is 3. The third-order valence-corrected chi connectivity index (χ3v) is 6.77. The maximum absolute atomic E-state index is 13.9. The highest BCUT2D eigenvalue weighted by Crippen LogP contribution is 2.50. The van der Waals surface area contributed by atoms with Crippen molar-refractivity contribution in [2.45, 2.75) is 51.1 Å². The highest BCUT2D eigenvalue weighted by Gasteiger charge is 2.47. The molecule has 1 aromatic heterocycles. The smallest absolute Gasteiger partial charge is 0.304 e. The number of aryl methyl sites for hydroxylation is 1. The van der Waals surface area contributed by atoms with Gasteiger partial charge in [0.2, 0.25) is 17.7 Å². The van der Waals surface area contributed by atoms with Gasteiger partial charge in [0.1, 0.15) is 6.04 Å². The van der Waals surface area contributed by atoms with Crippen LogP contribution in [-0.2, 0) is 9.59 Å². The number of hydrogen-bond donors (Lipinski definition) is 1. The van der Waals surface area contributed by atoms with Crippen molar-refractivity contribution >= 4 is 35.1 Å². The van der Waals surface area contributed by atoms with Crippen molar-refractivity contribution in [1.82, 2.24) is 15.1 Å². The van der Waals surface area contributed by atoms with Crippen LogP contribution in [0, 0.1) is 12.8 Å². The Bertz CT molecular complexity index is 1180. The molecule has 3 aromatic rings. The Labute approximate surface area is 207 Å². The number of carbonyl (C=O) groups excluding carboxylic acids is 1. The fourth-order valence-electron chi connectivity index (χ4n) is 4.85. The molecule has 1 amide bonds. The molecule has 1 aliphatic rings. The van der Waals surface area contributed by atoms with Crippen LogP contribution in [0.1, 0.15) is 67.1 Å². The van der Waals surface area contributed by atoms with Crippen LogP contribution in [0.25, 0.3) is 0 Å². The summed E-state index contributed by atoms with van der Waals surface area (Å²) < 4.78 is 5.74. The van der Waals surface area contributed by atoms with Crippen LogP contribution >= 0.6 is 23.2 Å². The molecule has 2 aromatic carbocycles. The van der Waals surface area contributed by atoms with Gasteiger partial charge in [0.15, 0.2) is 0 Å². The summed E-state index contributed by atoms with van der Waals surface area (Å²) in [6, 6.07) is 13.9. The van der Waals surface area contributed by atoms with Gasteiger partial charge in [-0.2, -0.15) is 0 Å². The standard InChI is InChI=1S/C25H25Cl2N3O4/c1-3-21(24-29-28-14(2)34-24)30-23(15-7-9-18(26)10-8-15)20(16-5-4-6-19(27)11-16)12-17(25(30)33)13-22(31)32/h4-11,17,20-21,23H,3,12-13H2,1-2H3,(H,31,32)/t17-,20-,21?,23-/m1/s1. The monoisotopic (exact) mass is 501 g/mol. The fraction of sp³-hybridized carbons (Fsp3) is 0.360. The minimum atomic E-state index is -1.02. The minimum absolute atomic E-state index is 0.208. The van der Waals surface area contributed by atoms with Crippen molar-refractivity contribution in [3.63, 3.8) is 0 Å². The Hall–Kier alpha value is -2.90. The van der Waals surface area contributed by atoms with Crippen LogP contribution in [0.4, 0.5) is 0 Å². The Morgan fingerprint density at radius 2 is 1.88 bits per heavy atom. The van der Waals surface area contributed by atoms with Gasteiger partial charge in [0, 0.05) is 28.8 Å². The molecule has 9 heteroatoms. The molecule has 7 nitrogen and oxygen atoms in total. The SMILES string of the molecule is CCC(c1nnc(C)o1)N1C(=O)[C@@H](CC(=O)O)C[C@H](c2cccc(Cl)c2)[C@H]1c1ccc(Cl)cc1. The number of aromatic nitrogens is 2. The van der Waals surface area contributed by atoms with Gasteiger partial charge < -0.3 is 14.4 Å². The van der Waals surface area contributed by atoms with Gasteiger partial charge >= 0.3 is 5.97 Å². The zero-order chi connectivity index (χ0) is 24.4. The van der Waals surface area contributed by atoms with Crippen molar-refractivity contribution in [1.29, 1.82) is 0 Å². The summed E-state index contributed by atoms with van der Waals surface area (Å²) in [6.45, 7) is 3.63. The molecule has 0 radical (unpaired) electrons. The van der Waals surface area contributed by atoms with Crippen molar-refractivity contribution in [3.05, 3.63) is 81.5 Å². The number of amides is 1. The van der Waals surface area contributed by atoms with Gasteiger partial charge in [0.05, 0.1) is 12.5 Å². The van der Waals surface area contributed by atoms with Crippen molar-refractivity contribution < 1.29 is 19.1 Å². The van der Waals surface area contributed by atoms with E-state index in [1.165, 1.54) is 0 Å². The molecule has 1 N–H and O–H groups in total. The van der Waals surface area contributed by atoms with E-state index in [4.69, 9.17) is 27.6 Å². The van der Waals surface area contributed by atoms with Gasteiger partial charge in [-0.15, -0.1) is 10.2 Å². The first-order valence-corrected chi connectivity index (χ1v) is 11.9. The van der Waals surface area contributed by atoms with Crippen molar-refractivity contribution in [3.8, 4) is 0 Å². The fourth-order valence-corrected chi connectivity index (χ4v) is 5.18. The number of hydrogen-bond acceptors (Lipinski definition) is 5. The molecule has 0 spiro atoms. The summed E-state index contributed by atoms with van der Waals surface area (Å²) in [6.07, 6.45) is 0.618. The summed E-state index contributed by atoms with van der Waals surface area (Å²) in [7, 11) is 0. The van der Waals surface area contributed by atoms with E-state index in [1.54, 1.807) is 30.0 Å². The molecular weight excluding hydrogens is 477 g/mol. The lowest BCUT2D eigenvalue weighted by Crippen LogP contribution is -2.49. The third kappa shape index (κ3) is 4.95. The summed E-state index contributed by atoms with van der Waals surface area (Å²) in [5, 5.41) is 18.9. The van der Waals surface area contributed by atoms with Gasteiger partial charge in [0.25, 0.3) is 0 Å². The Morgan fingerprint density at radius 1 is 1.15 bits per heavy atom. The van der Waals surface area contributed by atoms with Gasteiger partial charge in [-0.05, 0) is 48.2 Å². The number of halogens is 2. The van der Waals surface area contributed by atoms with E-state index in [9.17, 15) is 14.7 Å². The van der Waals surface area contributed by atoms with E-state index < -0.39 is 24.0 Å². The average molecular weight is 502 g/mol. The number of likely N-dealkylation sites (tertiary alicyclic amines) is 1. The molecule has 1 saturated heterocycles. The normalized spacial score (nSPS) is 21.5. The van der Waals surface area contributed by atoms with E-state index in [1.807, 2.05) is 37.3 Å². The van der Waals surface area contributed by atoms with Gasteiger partial charge in [-0.1, -0.05) is 54.4 Å². The minimum Gasteiger partial charge on any atom is -0.481 e. The second kappa shape index (κ2) is 10.2. The molecule has 2 heterocycles. The number of carboxylic acid groups (broad SMARTS) is 1. The molecular formula is C25H25Cl2N3O4. The summed E-state index contributed by atoms with van der Waals surface area (Å²) in [5.74, 6) is -1.45. The maximum Gasteiger partial charge on any atom is 0.304 e. The topological polar surface area (TPSA) is 96.5 Å². The van der Waals surface area contributed by atoms with Crippen LogP contribution in [-0.4, -0.2) is 32.1 Å². The molecule has 0 bridgehead atoms. The lowest BCUT2D eigenvalue weighted by molar-refractivity contribution is -0.153. The lowest BCUT2D eigenvalue weighted by Gasteiger charge is -2.47. The Morgan fingerprint density at radius 3 is 2.47 bits per heavy atom. The first-order chi connectivity index (χ1) is 16.3. The number of rotatable bonds is 7. The zero-order valence-corrected chi connectivity index (χ0v) is 20.3. The number of benzene rings is 2. The zero-order valence-electron chi connectivity index (χ0n) is 18.8. The molecule has 0 saturated carbocycles. The summed E-state index contributed by atoms with van der Waals surface area (Å²) in [5.41, 5.74) is 1.81. The molecule has 0 aliphatic carbocycles. The molecule has 1 fully saturated rings. The quantitative estimate of drug-likeness (QED) is 0.427. The lowest BCUT2D eigenvalue weighted by atomic mass is 9.74. The van der Waals surface area contributed by atoms with Crippen LogP contribution in [0.15, 0.2) is 52.9 Å². The van der Waals surface area contributed by atoms with Gasteiger partial charge in [-0.25, -0.2) is 0 Å². The largest absolute Gasteiger partial charge is 0.481 e. The molecule has 178 valence electrons. The first kappa shape index (κ1) is 24.2. The predicted octanol–water partition coefficient (Wildman–Crippen LogP) is 5.98. The molecule has 4 rings (SSSR count). The predicted molar refractivity (Wildman–Crippen MR) is 128 cm³/mol. The third-order valence-electron chi connectivity index (χ3n) is 6.28. The Balaban J connectivity index is 1.90. The molecule has 1 unspecified atom stereocenters. The van der Waals surface area contributed by atoms with Crippen molar-refractivity contribution in [2.75, 3.05) is 0 Å². The van der Waals surface area contributed by atoms with Crippen molar-refractivity contribution in [2.24, 2.45) is 5.92 Å². The first-order valence-electron chi connectivity index (χ1n) is 11.1. The van der Waals surface area contributed by atoms with Crippen LogP contribution in [0.5, 0.6) is 0 Å². The average Bonchev–Trinajstić information content (AvgIpc) is 3.23. The molecule has 1 aliphatic heterocycles. The van der Waals surface area contributed by atoms with Gasteiger partial charge in [-0.3, -0.25) is 9.59 Å². The van der Waals surface area contributed by atoms with E-state index >= 15 is 0 Å². The maximum atomic E-state index is 13.9. The summed E-state index contributed by atoms with van der Waals surface area (Å²) >= 11 is 12.5. The number of piperidine rings is 1. The number of aliphatic carboxylic acids is 1. The Kier molecular flexibility index (Phi) is 7.24. The molecule has 34 heavy (non-hydrogen) atoms. The van der Waals surface area contributed by atoms with Crippen LogP contribution in [0.3, 0.4) is 0 Å². The highest BCUT2D eigenvalue weighted by atomic mass is 35.5. The van der Waals surface area contributed by atoms with Crippen LogP contribution in [0.2, 0.25) is 10.0 Å². The number of carboxylic acids is 1. The highest BCUT2D eigenvalue weighted by molar-refractivity contribution is 6.30. The second-order valence-electron chi connectivity index (χ2n) is 8.52. The number of carbonyl (C=O) groups is 2. The summed E-state index contributed by atoms with van der Waals surface area (Å²) in [4.78, 5) is 27.3. The van der Waals surface area contributed by atoms with E-state index in [0.717, 1.165) is 11.1 Å².